The summed E-state index contributed by atoms with van der Waals surface area (Å²) in [5.41, 5.74) is -0.421. The van der Waals surface area contributed by atoms with Crippen LogP contribution in [-0.2, 0) is 9.53 Å². The summed E-state index contributed by atoms with van der Waals surface area (Å²) in [6.45, 7) is -0.716. The number of esters is 1. The molecule has 114 valence electrons. The standard InChI is InChI=1S/C14H9F3N2O3/c15-9-3-4-10(13(17)12(9)16)19-11(20)7-22-14(21)8-2-1-5-18-6-8/h1-6H,7H2,(H,19,20). The van der Waals surface area contributed by atoms with Crippen molar-refractivity contribution in [2.75, 3.05) is 11.9 Å². The summed E-state index contributed by atoms with van der Waals surface area (Å²) in [4.78, 5) is 26.8. The Bertz CT molecular complexity index is 708. The van der Waals surface area contributed by atoms with Gasteiger partial charge in [0.2, 0.25) is 0 Å². The van der Waals surface area contributed by atoms with Gasteiger partial charge in [-0.25, -0.2) is 18.0 Å². The summed E-state index contributed by atoms with van der Waals surface area (Å²) in [6, 6.07) is 4.46. The highest BCUT2D eigenvalue weighted by Crippen LogP contribution is 2.19. The fraction of sp³-hybridized carbons (Fsp3) is 0.0714. The van der Waals surface area contributed by atoms with Gasteiger partial charge >= 0.3 is 5.97 Å². The van der Waals surface area contributed by atoms with Gasteiger partial charge in [0.1, 0.15) is 0 Å². The predicted octanol–water partition coefficient (Wildman–Crippen LogP) is 2.29. The lowest BCUT2D eigenvalue weighted by atomic mass is 10.2. The number of amides is 1. The molecule has 0 aliphatic carbocycles. The van der Waals surface area contributed by atoms with Crippen LogP contribution in [0.4, 0.5) is 18.9 Å². The van der Waals surface area contributed by atoms with Gasteiger partial charge < -0.3 is 10.1 Å². The molecule has 0 saturated heterocycles. The number of carbonyl (C=O) groups excluding carboxylic acids is 2. The van der Waals surface area contributed by atoms with E-state index in [0.29, 0.717) is 6.07 Å². The zero-order chi connectivity index (χ0) is 16.1. The van der Waals surface area contributed by atoms with Crippen molar-refractivity contribution < 1.29 is 27.5 Å². The van der Waals surface area contributed by atoms with E-state index < -0.39 is 41.6 Å². The van der Waals surface area contributed by atoms with Gasteiger partial charge in [-0.3, -0.25) is 9.78 Å². The summed E-state index contributed by atoms with van der Waals surface area (Å²) in [6.07, 6.45) is 2.70. The van der Waals surface area contributed by atoms with Crippen molar-refractivity contribution in [3.63, 3.8) is 0 Å². The van der Waals surface area contributed by atoms with Gasteiger partial charge in [0.05, 0.1) is 11.3 Å². The van der Waals surface area contributed by atoms with E-state index in [4.69, 9.17) is 0 Å². The monoisotopic (exact) mass is 310 g/mol. The van der Waals surface area contributed by atoms with Crippen molar-refractivity contribution in [3.05, 3.63) is 59.7 Å². The first kappa shape index (κ1) is 15.5. The molecule has 2 rings (SSSR count). The Kier molecular flexibility index (Phi) is 4.72. The molecule has 1 heterocycles. The number of pyridine rings is 1. The number of anilines is 1. The van der Waals surface area contributed by atoms with Crippen LogP contribution in [0, 0.1) is 17.5 Å². The summed E-state index contributed by atoms with van der Waals surface area (Å²) >= 11 is 0. The van der Waals surface area contributed by atoms with Crippen LogP contribution in [0.15, 0.2) is 36.7 Å². The number of halogens is 3. The van der Waals surface area contributed by atoms with E-state index in [-0.39, 0.29) is 5.56 Å². The Morgan fingerprint density at radius 1 is 1.14 bits per heavy atom. The Morgan fingerprint density at radius 2 is 1.91 bits per heavy atom. The Morgan fingerprint density at radius 3 is 2.59 bits per heavy atom. The van der Waals surface area contributed by atoms with Crippen LogP contribution >= 0.6 is 0 Å². The molecule has 1 N–H and O–H groups in total. The van der Waals surface area contributed by atoms with Gasteiger partial charge in [0.25, 0.3) is 5.91 Å². The predicted molar refractivity (Wildman–Crippen MR) is 69.5 cm³/mol. The third-order valence-electron chi connectivity index (χ3n) is 2.54. The first-order valence-corrected chi connectivity index (χ1v) is 5.99. The highest BCUT2D eigenvalue weighted by Gasteiger charge is 2.16. The molecule has 1 amide bonds. The minimum absolute atomic E-state index is 0.134. The van der Waals surface area contributed by atoms with Crippen molar-refractivity contribution in [1.82, 2.24) is 4.98 Å². The van der Waals surface area contributed by atoms with Crippen molar-refractivity contribution in [3.8, 4) is 0 Å². The number of nitrogens with zero attached hydrogens (tertiary/aromatic N) is 1. The molecule has 22 heavy (non-hydrogen) atoms. The van der Waals surface area contributed by atoms with Crippen LogP contribution in [0.3, 0.4) is 0 Å². The second-order valence-corrected chi connectivity index (χ2v) is 4.09. The molecule has 0 atom stereocenters. The van der Waals surface area contributed by atoms with Crippen LogP contribution in [0.5, 0.6) is 0 Å². The van der Waals surface area contributed by atoms with E-state index in [1.54, 1.807) is 0 Å². The smallest absolute Gasteiger partial charge is 0.340 e. The third kappa shape index (κ3) is 3.60. The van der Waals surface area contributed by atoms with Gasteiger partial charge in [0, 0.05) is 12.4 Å². The van der Waals surface area contributed by atoms with E-state index in [1.807, 2.05) is 5.32 Å². The van der Waals surface area contributed by atoms with E-state index >= 15 is 0 Å². The summed E-state index contributed by atoms with van der Waals surface area (Å²) in [5.74, 6) is -6.31. The summed E-state index contributed by atoms with van der Waals surface area (Å²) in [5, 5.41) is 1.97. The van der Waals surface area contributed by atoms with Crippen LogP contribution < -0.4 is 5.32 Å². The lowest BCUT2D eigenvalue weighted by molar-refractivity contribution is -0.119. The lowest BCUT2D eigenvalue weighted by Gasteiger charge is -2.08. The van der Waals surface area contributed by atoms with Crippen LogP contribution in [0.2, 0.25) is 0 Å². The normalized spacial score (nSPS) is 10.1. The number of ether oxygens (including phenoxy) is 1. The number of hydrogen-bond donors (Lipinski definition) is 1. The molecule has 0 aliphatic heterocycles. The third-order valence-corrected chi connectivity index (χ3v) is 2.54. The fourth-order valence-electron chi connectivity index (χ4n) is 1.51. The fourth-order valence-corrected chi connectivity index (χ4v) is 1.51. The molecule has 0 spiro atoms. The quantitative estimate of drug-likeness (QED) is 0.695. The Hall–Kier alpha value is -2.90. The number of rotatable bonds is 4. The average Bonchev–Trinajstić information content (AvgIpc) is 2.54. The van der Waals surface area contributed by atoms with Gasteiger partial charge in [-0.15, -0.1) is 0 Å². The van der Waals surface area contributed by atoms with Gasteiger partial charge in [-0.2, -0.15) is 0 Å². The molecule has 0 saturated carbocycles. The molecule has 5 nitrogen and oxygen atoms in total. The molecule has 0 unspecified atom stereocenters. The van der Waals surface area contributed by atoms with Crippen molar-refractivity contribution in [2.24, 2.45) is 0 Å². The van der Waals surface area contributed by atoms with Gasteiger partial charge in [-0.1, -0.05) is 0 Å². The SMILES string of the molecule is O=C(COC(=O)c1cccnc1)Nc1ccc(F)c(F)c1F. The molecule has 8 heteroatoms. The molecule has 0 aliphatic rings. The molecule has 1 aromatic carbocycles. The highest BCUT2D eigenvalue weighted by molar-refractivity contribution is 5.95. The first-order valence-electron chi connectivity index (χ1n) is 5.99. The average molecular weight is 310 g/mol. The number of aromatic nitrogens is 1. The van der Waals surface area contributed by atoms with E-state index in [2.05, 4.69) is 9.72 Å². The van der Waals surface area contributed by atoms with Crippen LogP contribution in [0.25, 0.3) is 0 Å². The molecule has 0 bridgehead atoms. The zero-order valence-corrected chi connectivity index (χ0v) is 11.0. The number of nitrogens with one attached hydrogen (secondary N) is 1. The molecule has 2 aromatic rings. The summed E-state index contributed by atoms with van der Waals surface area (Å²) < 4.78 is 43.7. The maximum atomic E-state index is 13.3. The van der Waals surface area contributed by atoms with Gasteiger partial charge in [-0.05, 0) is 24.3 Å². The molecule has 1 aromatic heterocycles. The second kappa shape index (κ2) is 6.70. The molecular formula is C14H9F3N2O3. The topological polar surface area (TPSA) is 68.3 Å². The number of carbonyl (C=O) groups is 2. The number of benzene rings is 1. The highest BCUT2D eigenvalue weighted by atomic mass is 19.2. The van der Waals surface area contributed by atoms with Crippen LogP contribution in [-0.4, -0.2) is 23.5 Å². The van der Waals surface area contributed by atoms with Crippen molar-refractivity contribution >= 4 is 17.6 Å². The summed E-state index contributed by atoms with van der Waals surface area (Å²) in [7, 11) is 0. The second-order valence-electron chi connectivity index (χ2n) is 4.09. The van der Waals surface area contributed by atoms with Crippen molar-refractivity contribution in [1.29, 1.82) is 0 Å². The molecular weight excluding hydrogens is 301 g/mol. The molecule has 0 radical (unpaired) electrons. The first-order chi connectivity index (χ1) is 10.5. The maximum Gasteiger partial charge on any atom is 0.340 e. The zero-order valence-electron chi connectivity index (χ0n) is 11.0. The Balaban J connectivity index is 1.94. The minimum Gasteiger partial charge on any atom is -0.452 e. The van der Waals surface area contributed by atoms with E-state index in [9.17, 15) is 22.8 Å². The Labute approximate surface area is 122 Å². The van der Waals surface area contributed by atoms with Gasteiger partial charge in [0.15, 0.2) is 24.1 Å². The maximum absolute atomic E-state index is 13.3. The van der Waals surface area contributed by atoms with Crippen molar-refractivity contribution in [2.45, 2.75) is 0 Å². The minimum atomic E-state index is -1.70. The van der Waals surface area contributed by atoms with E-state index in [0.717, 1.165) is 6.07 Å². The largest absolute Gasteiger partial charge is 0.452 e. The lowest BCUT2D eigenvalue weighted by Crippen LogP contribution is -2.21. The van der Waals surface area contributed by atoms with E-state index in [1.165, 1.54) is 24.5 Å². The van der Waals surface area contributed by atoms with Crippen LogP contribution in [0.1, 0.15) is 10.4 Å². The molecule has 0 fully saturated rings. The number of hydrogen-bond acceptors (Lipinski definition) is 4.